The van der Waals surface area contributed by atoms with Crippen LogP contribution in [0.25, 0.3) is 0 Å². The lowest BCUT2D eigenvalue weighted by atomic mass is 9.46. The highest BCUT2D eigenvalue weighted by Gasteiger charge is 2.14. The van der Waals surface area contributed by atoms with Gasteiger partial charge in [-0.25, -0.2) is 0 Å². The summed E-state index contributed by atoms with van der Waals surface area (Å²) in [5.41, 5.74) is 0. The van der Waals surface area contributed by atoms with Crippen LogP contribution in [0.4, 0.5) is 0 Å². The Bertz CT molecular complexity index is 42.8. The van der Waals surface area contributed by atoms with Crippen molar-refractivity contribution < 1.29 is 9.69 Å². The molecule has 1 saturated heterocycles. The zero-order chi connectivity index (χ0) is 4.41. The molecule has 2 radical (unpaired) electrons. The van der Waals surface area contributed by atoms with Gasteiger partial charge in [-0.15, -0.1) is 0 Å². The molecule has 2 nitrogen and oxygen atoms in total. The van der Waals surface area contributed by atoms with Gasteiger partial charge in [0.15, 0.2) is 0 Å². The SMILES string of the molecule is [B]B1CCOO1. The highest BCUT2D eigenvalue weighted by Crippen LogP contribution is 2.00. The molecule has 0 unspecified atom stereocenters. The van der Waals surface area contributed by atoms with Gasteiger partial charge in [0.25, 0.3) is 6.81 Å². The predicted octanol–water partition coefficient (Wildman–Crippen LogP) is -0.395. The van der Waals surface area contributed by atoms with Crippen LogP contribution in [0.2, 0.25) is 6.32 Å². The Labute approximate surface area is 38.2 Å². The molecular formula is C2H4B2O2. The average molecular weight is 81.7 g/mol. The molecule has 30 valence electrons. The molecule has 0 bridgehead atoms. The zero-order valence-corrected chi connectivity index (χ0v) is 3.39. The summed E-state index contributed by atoms with van der Waals surface area (Å²) in [6.45, 7) is 0.464. The van der Waals surface area contributed by atoms with Gasteiger partial charge < -0.3 is 4.81 Å². The van der Waals surface area contributed by atoms with Gasteiger partial charge in [-0.1, -0.05) is 0 Å². The second-order valence-electron chi connectivity index (χ2n) is 1.25. The maximum Gasteiger partial charge on any atom is 0.287 e. The van der Waals surface area contributed by atoms with Crippen molar-refractivity contribution in [1.82, 2.24) is 0 Å². The second-order valence-corrected chi connectivity index (χ2v) is 1.25. The van der Waals surface area contributed by atoms with Crippen LogP contribution in [0.3, 0.4) is 0 Å². The third kappa shape index (κ3) is 0.758. The van der Waals surface area contributed by atoms with Gasteiger partial charge >= 0.3 is 0 Å². The van der Waals surface area contributed by atoms with Crippen LogP contribution in [0, 0.1) is 0 Å². The molecule has 0 amide bonds. The summed E-state index contributed by atoms with van der Waals surface area (Å²) in [6.07, 6.45) is 0.819. The van der Waals surface area contributed by atoms with Crippen LogP contribution in [0.5, 0.6) is 0 Å². The molecule has 1 aliphatic heterocycles. The lowest BCUT2D eigenvalue weighted by Gasteiger charge is -1.87. The first kappa shape index (κ1) is 4.22. The quantitative estimate of drug-likeness (QED) is 0.292. The molecular weight excluding hydrogens is 77.6 g/mol. The fourth-order valence-corrected chi connectivity index (χ4v) is 0.348. The largest absolute Gasteiger partial charge is 0.316 e. The summed E-state index contributed by atoms with van der Waals surface area (Å²) in [5, 5.41) is 0. The molecule has 6 heavy (non-hydrogen) atoms. The van der Waals surface area contributed by atoms with Crippen LogP contribution >= 0.6 is 0 Å². The fraction of sp³-hybridized carbons (Fsp3) is 1.00. The van der Waals surface area contributed by atoms with Crippen molar-refractivity contribution in [3.8, 4) is 0 Å². The third-order valence-electron chi connectivity index (χ3n) is 0.677. The maximum atomic E-state index is 5.19. The smallest absolute Gasteiger partial charge is 0.287 e. The van der Waals surface area contributed by atoms with Crippen molar-refractivity contribution in [2.45, 2.75) is 6.32 Å². The molecule has 0 aromatic heterocycles. The second kappa shape index (κ2) is 1.67. The van der Waals surface area contributed by atoms with E-state index in [1.54, 1.807) is 0 Å². The lowest BCUT2D eigenvalue weighted by molar-refractivity contribution is -0.183. The molecule has 1 aliphatic rings. The van der Waals surface area contributed by atoms with E-state index in [4.69, 9.17) is 7.74 Å². The lowest BCUT2D eigenvalue weighted by Crippen LogP contribution is -2.08. The Balaban J connectivity index is 2.18. The van der Waals surface area contributed by atoms with Crippen molar-refractivity contribution in [2.24, 2.45) is 0 Å². The van der Waals surface area contributed by atoms with E-state index in [0.717, 1.165) is 6.32 Å². The molecule has 1 rings (SSSR count). The summed E-state index contributed by atoms with van der Waals surface area (Å²) in [4.78, 5) is 8.86. The van der Waals surface area contributed by atoms with Gasteiger partial charge in [0.05, 0.1) is 14.3 Å². The fourth-order valence-electron chi connectivity index (χ4n) is 0.348. The minimum Gasteiger partial charge on any atom is -0.316 e. The van der Waals surface area contributed by atoms with Crippen molar-refractivity contribution >= 4 is 14.5 Å². The first-order valence-electron chi connectivity index (χ1n) is 1.93. The van der Waals surface area contributed by atoms with E-state index in [-0.39, 0.29) is 6.81 Å². The van der Waals surface area contributed by atoms with E-state index in [2.05, 4.69) is 9.69 Å². The van der Waals surface area contributed by atoms with Crippen molar-refractivity contribution in [1.29, 1.82) is 0 Å². The Kier molecular flexibility index (Phi) is 1.17. The van der Waals surface area contributed by atoms with Crippen LogP contribution in [0.15, 0.2) is 0 Å². The maximum absolute atomic E-state index is 5.19. The molecule has 4 heteroatoms. The van der Waals surface area contributed by atoms with Crippen molar-refractivity contribution in [2.75, 3.05) is 6.61 Å². The molecule has 1 heterocycles. The first-order valence-corrected chi connectivity index (χ1v) is 1.93. The standard InChI is InChI=1S/C2H4B2O2/c3-4-1-2-5-6-4/h1-2H2. The Morgan fingerprint density at radius 2 is 2.50 bits per heavy atom. The minimum atomic E-state index is -0.176. The molecule has 0 atom stereocenters. The van der Waals surface area contributed by atoms with E-state index >= 15 is 0 Å². The highest BCUT2D eigenvalue weighted by atomic mass is 17.2. The van der Waals surface area contributed by atoms with Gasteiger partial charge in [-0.3, -0.25) is 4.89 Å². The van der Waals surface area contributed by atoms with E-state index in [0.29, 0.717) is 6.61 Å². The van der Waals surface area contributed by atoms with Crippen molar-refractivity contribution in [3.05, 3.63) is 0 Å². The number of rotatable bonds is 0. The van der Waals surface area contributed by atoms with Crippen LogP contribution in [-0.2, 0) is 9.69 Å². The Hall–Kier alpha value is 0.0499. The predicted molar refractivity (Wildman–Crippen MR) is 23.4 cm³/mol. The van der Waals surface area contributed by atoms with Gasteiger partial charge in [0.2, 0.25) is 0 Å². The Morgan fingerprint density at radius 3 is 2.67 bits per heavy atom. The van der Waals surface area contributed by atoms with Crippen LogP contribution in [0.1, 0.15) is 0 Å². The van der Waals surface area contributed by atoms with Crippen molar-refractivity contribution in [3.63, 3.8) is 0 Å². The molecule has 0 aromatic rings. The monoisotopic (exact) mass is 82.0 g/mol. The van der Waals surface area contributed by atoms with Gasteiger partial charge in [0.1, 0.15) is 0 Å². The van der Waals surface area contributed by atoms with E-state index < -0.39 is 0 Å². The van der Waals surface area contributed by atoms with E-state index in [1.807, 2.05) is 0 Å². The molecule has 0 aliphatic carbocycles. The molecule has 1 fully saturated rings. The number of hydrogen-bond donors (Lipinski definition) is 0. The summed E-state index contributed by atoms with van der Waals surface area (Å²) < 4.78 is 0. The molecule has 0 aromatic carbocycles. The van der Waals surface area contributed by atoms with Gasteiger partial charge in [-0.2, -0.15) is 0 Å². The van der Waals surface area contributed by atoms with Crippen LogP contribution in [-0.4, -0.2) is 21.2 Å². The topological polar surface area (TPSA) is 18.5 Å². The zero-order valence-electron chi connectivity index (χ0n) is 3.39. The summed E-state index contributed by atoms with van der Waals surface area (Å²) >= 11 is 0. The van der Waals surface area contributed by atoms with Gasteiger partial charge in [0, 0.05) is 0 Å². The molecule has 0 N–H and O–H groups in total. The van der Waals surface area contributed by atoms with E-state index in [1.165, 1.54) is 0 Å². The normalized spacial score (nSPS) is 22.3. The van der Waals surface area contributed by atoms with Crippen LogP contribution < -0.4 is 0 Å². The minimum absolute atomic E-state index is 0.176. The van der Waals surface area contributed by atoms with E-state index in [9.17, 15) is 0 Å². The Morgan fingerprint density at radius 1 is 1.67 bits per heavy atom. The highest BCUT2D eigenvalue weighted by molar-refractivity contribution is 6.99. The number of hydrogen-bond acceptors (Lipinski definition) is 2. The summed E-state index contributed by atoms with van der Waals surface area (Å²) in [7, 11) is 5.19. The summed E-state index contributed by atoms with van der Waals surface area (Å²) in [5.74, 6) is 0. The third-order valence-corrected chi connectivity index (χ3v) is 0.677. The first-order chi connectivity index (χ1) is 2.89. The average Bonchev–Trinajstić information content (AvgIpc) is 1.86. The van der Waals surface area contributed by atoms with Gasteiger partial charge in [-0.05, 0) is 6.32 Å². The molecule has 0 spiro atoms. The molecule has 0 saturated carbocycles. The summed E-state index contributed by atoms with van der Waals surface area (Å²) in [6, 6.07) is 0.